The van der Waals surface area contributed by atoms with E-state index in [9.17, 15) is 14.7 Å². The molecule has 0 amide bonds. The van der Waals surface area contributed by atoms with Crippen LogP contribution in [0.3, 0.4) is 0 Å². The van der Waals surface area contributed by atoms with Crippen LogP contribution in [0.5, 0.6) is 11.5 Å². The highest BCUT2D eigenvalue weighted by Crippen LogP contribution is 2.43. The summed E-state index contributed by atoms with van der Waals surface area (Å²) in [5, 5.41) is 11.9. The van der Waals surface area contributed by atoms with Crippen molar-refractivity contribution in [3.8, 4) is 22.9 Å². The molecule has 0 aliphatic carbocycles. The molecular weight excluding hydrogens is 412 g/mol. The van der Waals surface area contributed by atoms with E-state index in [1.165, 1.54) is 0 Å². The summed E-state index contributed by atoms with van der Waals surface area (Å²) in [7, 11) is 3.20. The van der Waals surface area contributed by atoms with Gasteiger partial charge in [0.25, 0.3) is 5.56 Å². The molecule has 1 atom stereocenters. The van der Waals surface area contributed by atoms with Crippen LogP contribution in [0.4, 0.5) is 0 Å². The number of ether oxygens (including phenoxy) is 3. The second-order valence-electron chi connectivity index (χ2n) is 8.07. The molecule has 5 rings (SSSR count). The number of aryl methyl sites for hydroxylation is 1. The summed E-state index contributed by atoms with van der Waals surface area (Å²) >= 11 is 0. The van der Waals surface area contributed by atoms with E-state index in [-0.39, 0.29) is 18.6 Å². The number of cyclic esters (lactones) is 1. The minimum atomic E-state index is -1.85. The highest BCUT2D eigenvalue weighted by molar-refractivity contribution is 5.96. The first-order chi connectivity index (χ1) is 15.4. The van der Waals surface area contributed by atoms with E-state index in [1.54, 1.807) is 37.8 Å². The molecule has 3 aromatic rings. The lowest BCUT2D eigenvalue weighted by atomic mass is 9.86. The van der Waals surface area contributed by atoms with Crippen LogP contribution in [-0.4, -0.2) is 34.8 Å². The Morgan fingerprint density at radius 3 is 2.53 bits per heavy atom. The third-order valence-electron chi connectivity index (χ3n) is 6.67. The number of aliphatic hydroxyl groups is 1. The summed E-state index contributed by atoms with van der Waals surface area (Å²) in [6, 6.07) is 5.38. The maximum atomic E-state index is 13.4. The van der Waals surface area contributed by atoms with Gasteiger partial charge in [0.2, 0.25) is 0 Å². The first kappa shape index (κ1) is 20.5. The number of esters is 1. The SMILES string of the molecule is CCc1c2c(nc3c(OC)ccc(OC)c13)-c1cc3c(c(=O)n1C2)COC(=O)[C@]3(O)CC. The van der Waals surface area contributed by atoms with Crippen LogP contribution in [0.25, 0.3) is 22.3 Å². The highest BCUT2D eigenvalue weighted by Gasteiger charge is 2.45. The molecule has 0 saturated carbocycles. The van der Waals surface area contributed by atoms with Gasteiger partial charge in [-0.05, 0) is 36.6 Å². The van der Waals surface area contributed by atoms with Crippen LogP contribution in [0.15, 0.2) is 23.0 Å². The molecule has 0 unspecified atom stereocenters. The summed E-state index contributed by atoms with van der Waals surface area (Å²) in [6.07, 6.45) is 0.804. The molecule has 1 aromatic carbocycles. The van der Waals surface area contributed by atoms with Crippen LogP contribution in [0.2, 0.25) is 0 Å². The van der Waals surface area contributed by atoms with Gasteiger partial charge in [0.15, 0.2) is 5.60 Å². The van der Waals surface area contributed by atoms with Crippen molar-refractivity contribution in [3.63, 3.8) is 0 Å². The smallest absolute Gasteiger partial charge is 0.343 e. The Morgan fingerprint density at radius 2 is 1.88 bits per heavy atom. The molecule has 0 fully saturated rings. The molecule has 8 heteroatoms. The molecular formula is C24H24N2O6. The first-order valence-corrected chi connectivity index (χ1v) is 10.6. The van der Waals surface area contributed by atoms with Gasteiger partial charge in [-0.1, -0.05) is 13.8 Å². The molecule has 32 heavy (non-hydrogen) atoms. The fraction of sp³-hybridized carbons (Fsp3) is 0.375. The fourth-order valence-corrected chi connectivity index (χ4v) is 4.95. The Labute approximate surface area is 184 Å². The number of carbonyl (C=O) groups excluding carboxylic acids is 1. The second kappa shape index (κ2) is 7.06. The van der Waals surface area contributed by atoms with Crippen LogP contribution in [-0.2, 0) is 34.7 Å². The van der Waals surface area contributed by atoms with Gasteiger partial charge in [-0.2, -0.15) is 0 Å². The zero-order valence-corrected chi connectivity index (χ0v) is 18.4. The average Bonchev–Trinajstić information content (AvgIpc) is 3.18. The third-order valence-corrected chi connectivity index (χ3v) is 6.67. The van der Waals surface area contributed by atoms with Gasteiger partial charge in [-0.25, -0.2) is 9.78 Å². The number of carbonyl (C=O) groups is 1. The van der Waals surface area contributed by atoms with Crippen molar-refractivity contribution in [1.29, 1.82) is 0 Å². The Morgan fingerprint density at radius 1 is 1.16 bits per heavy atom. The van der Waals surface area contributed by atoms with Crippen LogP contribution in [0, 0.1) is 0 Å². The van der Waals surface area contributed by atoms with Crippen LogP contribution < -0.4 is 15.0 Å². The highest BCUT2D eigenvalue weighted by atomic mass is 16.6. The molecule has 0 radical (unpaired) electrons. The first-order valence-electron chi connectivity index (χ1n) is 10.6. The van der Waals surface area contributed by atoms with Crippen molar-refractivity contribution in [3.05, 3.63) is 50.8 Å². The van der Waals surface area contributed by atoms with Crippen LogP contribution in [0.1, 0.15) is 42.5 Å². The molecule has 2 aromatic heterocycles. The Kier molecular flexibility index (Phi) is 4.53. The van der Waals surface area contributed by atoms with E-state index in [2.05, 4.69) is 0 Å². The van der Waals surface area contributed by atoms with E-state index in [0.29, 0.717) is 52.5 Å². The third kappa shape index (κ3) is 2.50. The zero-order chi connectivity index (χ0) is 22.8. The van der Waals surface area contributed by atoms with E-state index in [4.69, 9.17) is 19.2 Å². The normalized spacial score (nSPS) is 18.7. The largest absolute Gasteiger partial charge is 0.496 e. The Bertz CT molecular complexity index is 1360. The number of hydrogen-bond donors (Lipinski definition) is 1. The molecule has 4 heterocycles. The summed E-state index contributed by atoms with van der Waals surface area (Å²) in [6.45, 7) is 3.94. The zero-order valence-electron chi connectivity index (χ0n) is 18.4. The van der Waals surface area contributed by atoms with Gasteiger partial charge in [0, 0.05) is 16.5 Å². The molecule has 166 valence electrons. The predicted molar refractivity (Wildman–Crippen MR) is 117 cm³/mol. The van der Waals surface area contributed by atoms with Crippen molar-refractivity contribution in [2.45, 2.75) is 45.4 Å². The molecule has 0 bridgehead atoms. The van der Waals surface area contributed by atoms with Gasteiger partial charge in [-0.3, -0.25) is 4.79 Å². The molecule has 1 N–H and O–H groups in total. The number of nitrogens with zero attached hydrogens (tertiary/aromatic N) is 2. The number of rotatable bonds is 4. The number of aromatic nitrogens is 2. The van der Waals surface area contributed by atoms with Gasteiger partial charge in [-0.15, -0.1) is 0 Å². The van der Waals surface area contributed by atoms with Crippen molar-refractivity contribution in [2.24, 2.45) is 0 Å². The lowest BCUT2D eigenvalue weighted by Gasteiger charge is -2.31. The van der Waals surface area contributed by atoms with Gasteiger partial charge in [0.1, 0.15) is 23.6 Å². The Balaban J connectivity index is 1.87. The van der Waals surface area contributed by atoms with Crippen molar-refractivity contribution in [2.75, 3.05) is 14.2 Å². The topological polar surface area (TPSA) is 99.9 Å². The van der Waals surface area contributed by atoms with E-state index < -0.39 is 11.6 Å². The maximum Gasteiger partial charge on any atom is 0.343 e. The number of fused-ring (bicyclic) bond motifs is 5. The molecule has 2 aliphatic rings. The van der Waals surface area contributed by atoms with Crippen molar-refractivity contribution < 1.29 is 24.1 Å². The summed E-state index contributed by atoms with van der Waals surface area (Å²) in [5.41, 5.74) is 2.31. The number of hydrogen-bond acceptors (Lipinski definition) is 7. The standard InChI is InChI=1S/C24H24N2O6/c1-5-12-13-10-26-16(9-15-14(22(26)27)11-32-23(28)24(15,29)6-2)20(13)25-21-18(31-4)8-7-17(30-3)19(12)21/h7-9,29H,5-6,10-11H2,1-4H3/t24-/m0/s1. The second-order valence-corrected chi connectivity index (χ2v) is 8.07. The quantitative estimate of drug-likeness (QED) is 0.491. The van der Waals surface area contributed by atoms with Crippen LogP contribution >= 0.6 is 0 Å². The summed E-state index contributed by atoms with van der Waals surface area (Å²) < 4.78 is 18.0. The minimum absolute atomic E-state index is 0.102. The predicted octanol–water partition coefficient (Wildman–Crippen LogP) is 2.66. The Hall–Kier alpha value is -3.39. The monoisotopic (exact) mass is 436 g/mol. The van der Waals surface area contributed by atoms with E-state index >= 15 is 0 Å². The van der Waals surface area contributed by atoms with E-state index in [1.807, 2.05) is 13.0 Å². The summed E-state index contributed by atoms with van der Waals surface area (Å²) in [4.78, 5) is 30.7. The average molecular weight is 436 g/mol. The number of methoxy groups -OCH3 is 2. The number of benzene rings is 1. The molecule has 0 spiro atoms. The van der Waals surface area contributed by atoms with Gasteiger partial charge in [0.05, 0.1) is 37.7 Å². The number of pyridine rings is 2. The summed E-state index contributed by atoms with van der Waals surface area (Å²) in [5.74, 6) is 0.558. The minimum Gasteiger partial charge on any atom is -0.496 e. The lowest BCUT2D eigenvalue weighted by molar-refractivity contribution is -0.172. The van der Waals surface area contributed by atoms with E-state index in [0.717, 1.165) is 16.5 Å². The molecule has 2 aliphatic heterocycles. The van der Waals surface area contributed by atoms with Crippen molar-refractivity contribution >= 4 is 16.9 Å². The fourth-order valence-electron chi connectivity index (χ4n) is 4.95. The van der Waals surface area contributed by atoms with Gasteiger partial charge < -0.3 is 23.9 Å². The molecule has 8 nitrogen and oxygen atoms in total. The maximum absolute atomic E-state index is 13.4. The van der Waals surface area contributed by atoms with Gasteiger partial charge >= 0.3 is 5.97 Å². The van der Waals surface area contributed by atoms with Crippen molar-refractivity contribution in [1.82, 2.24) is 9.55 Å². The molecule has 0 saturated heterocycles. The lowest BCUT2D eigenvalue weighted by Crippen LogP contribution is -2.44.